The Balaban J connectivity index is 2.44. The zero-order valence-electron chi connectivity index (χ0n) is 8.27. The lowest BCUT2D eigenvalue weighted by Gasteiger charge is -1.99. The predicted octanol–water partition coefficient (Wildman–Crippen LogP) is 2.42. The molecule has 0 aliphatic rings. The van der Waals surface area contributed by atoms with Gasteiger partial charge in [-0.05, 0) is 18.2 Å². The maximum absolute atomic E-state index is 8.77. The molecular weight excluding hydrogens is 276 g/mol. The van der Waals surface area contributed by atoms with Gasteiger partial charge in [-0.3, -0.25) is 0 Å². The summed E-state index contributed by atoms with van der Waals surface area (Å²) in [6.07, 6.45) is 0. The van der Waals surface area contributed by atoms with Crippen LogP contribution in [-0.2, 0) is 7.05 Å². The zero-order chi connectivity index (χ0) is 10.8. The average Bonchev–Trinajstić information content (AvgIpc) is 2.52. The molecule has 1 aromatic heterocycles. The second kappa shape index (κ2) is 4.55. The molecule has 2 rings (SSSR count). The van der Waals surface area contributed by atoms with Crippen LogP contribution in [0.2, 0.25) is 0 Å². The Morgan fingerprint density at radius 2 is 2.33 bits per heavy atom. The molecule has 1 heterocycles. The first-order valence-corrected chi connectivity index (χ1v) is 6.36. The van der Waals surface area contributed by atoms with Gasteiger partial charge in [0.1, 0.15) is 0 Å². The third-order valence-electron chi connectivity index (χ3n) is 2.12. The maximum Gasteiger partial charge on any atom is 0.168 e. The number of hydrogen-bond acceptors (Lipinski definition) is 3. The van der Waals surface area contributed by atoms with E-state index in [4.69, 9.17) is 5.11 Å². The number of halogens is 1. The second-order valence-corrected chi connectivity index (χ2v) is 5.14. The first-order chi connectivity index (χ1) is 7.22. The van der Waals surface area contributed by atoms with Crippen molar-refractivity contribution in [3.63, 3.8) is 0 Å². The molecule has 15 heavy (non-hydrogen) atoms. The minimum absolute atomic E-state index is 0.178. The van der Waals surface area contributed by atoms with E-state index < -0.39 is 0 Å². The van der Waals surface area contributed by atoms with Crippen molar-refractivity contribution in [3.8, 4) is 0 Å². The van der Waals surface area contributed by atoms with Crippen molar-refractivity contribution >= 4 is 38.7 Å². The van der Waals surface area contributed by atoms with Gasteiger partial charge in [-0.15, -0.1) is 0 Å². The monoisotopic (exact) mass is 286 g/mol. The number of thioether (sulfide) groups is 1. The van der Waals surface area contributed by atoms with Crippen LogP contribution in [0.25, 0.3) is 11.0 Å². The third-order valence-corrected chi connectivity index (χ3v) is 3.63. The smallest absolute Gasteiger partial charge is 0.168 e. The van der Waals surface area contributed by atoms with Crippen LogP contribution in [0.4, 0.5) is 0 Å². The molecule has 80 valence electrons. The van der Waals surface area contributed by atoms with E-state index in [1.54, 1.807) is 11.8 Å². The fraction of sp³-hybridized carbons (Fsp3) is 0.300. The lowest BCUT2D eigenvalue weighted by Crippen LogP contribution is -1.93. The number of aliphatic hydroxyl groups excluding tert-OH is 1. The number of imidazole rings is 1. The Bertz CT molecular complexity index is 483. The molecule has 1 N–H and O–H groups in total. The molecule has 0 fully saturated rings. The van der Waals surface area contributed by atoms with Gasteiger partial charge in [0, 0.05) is 17.3 Å². The Morgan fingerprint density at radius 3 is 3.07 bits per heavy atom. The molecule has 0 bridgehead atoms. The Labute approximate surface area is 101 Å². The molecule has 0 atom stereocenters. The van der Waals surface area contributed by atoms with Crippen LogP contribution in [0.5, 0.6) is 0 Å². The molecule has 0 aliphatic heterocycles. The second-order valence-electron chi connectivity index (χ2n) is 3.16. The fourth-order valence-corrected chi connectivity index (χ4v) is 2.49. The molecule has 2 aromatic rings. The molecule has 1 aromatic carbocycles. The van der Waals surface area contributed by atoms with Gasteiger partial charge in [0.05, 0.1) is 17.6 Å². The van der Waals surface area contributed by atoms with Crippen LogP contribution in [0.1, 0.15) is 0 Å². The van der Waals surface area contributed by atoms with Crippen molar-refractivity contribution in [1.29, 1.82) is 0 Å². The number of benzene rings is 1. The summed E-state index contributed by atoms with van der Waals surface area (Å²) >= 11 is 4.99. The van der Waals surface area contributed by atoms with E-state index in [9.17, 15) is 0 Å². The number of aliphatic hydroxyl groups is 1. The van der Waals surface area contributed by atoms with Crippen LogP contribution in [-0.4, -0.2) is 27.0 Å². The number of aromatic nitrogens is 2. The summed E-state index contributed by atoms with van der Waals surface area (Å²) in [5.74, 6) is 0.679. The molecular formula is C10H11BrN2OS. The highest BCUT2D eigenvalue weighted by Gasteiger charge is 2.07. The van der Waals surface area contributed by atoms with Crippen molar-refractivity contribution in [1.82, 2.24) is 9.55 Å². The van der Waals surface area contributed by atoms with Crippen molar-refractivity contribution in [2.75, 3.05) is 12.4 Å². The highest BCUT2D eigenvalue weighted by Crippen LogP contribution is 2.24. The summed E-state index contributed by atoms with van der Waals surface area (Å²) in [6.45, 7) is 0.178. The molecule has 5 heteroatoms. The van der Waals surface area contributed by atoms with Crippen molar-refractivity contribution in [3.05, 3.63) is 22.7 Å². The standard InChI is InChI=1S/C10H11BrN2OS/c1-13-9-3-2-7(11)6-8(9)12-10(13)15-5-4-14/h2-3,6,14H,4-5H2,1H3. The van der Waals surface area contributed by atoms with Crippen LogP contribution in [0.3, 0.4) is 0 Å². The van der Waals surface area contributed by atoms with Gasteiger partial charge in [-0.2, -0.15) is 0 Å². The normalized spacial score (nSPS) is 11.1. The average molecular weight is 287 g/mol. The quantitative estimate of drug-likeness (QED) is 0.881. The fourth-order valence-electron chi connectivity index (χ4n) is 1.42. The van der Waals surface area contributed by atoms with Crippen molar-refractivity contribution in [2.24, 2.45) is 7.05 Å². The molecule has 3 nitrogen and oxygen atoms in total. The molecule has 0 saturated carbocycles. The van der Waals surface area contributed by atoms with E-state index in [1.807, 2.05) is 29.8 Å². The van der Waals surface area contributed by atoms with E-state index in [0.29, 0.717) is 5.75 Å². The minimum Gasteiger partial charge on any atom is -0.396 e. The van der Waals surface area contributed by atoms with Gasteiger partial charge in [-0.1, -0.05) is 27.7 Å². The van der Waals surface area contributed by atoms with Gasteiger partial charge in [0.25, 0.3) is 0 Å². The number of fused-ring (bicyclic) bond motifs is 1. The lowest BCUT2D eigenvalue weighted by atomic mass is 10.3. The van der Waals surface area contributed by atoms with E-state index in [2.05, 4.69) is 20.9 Å². The summed E-state index contributed by atoms with van der Waals surface area (Å²) < 4.78 is 3.08. The van der Waals surface area contributed by atoms with E-state index >= 15 is 0 Å². The SMILES string of the molecule is Cn1c(SCCO)nc2cc(Br)ccc21. The summed E-state index contributed by atoms with van der Waals surface area (Å²) in [5.41, 5.74) is 2.09. The van der Waals surface area contributed by atoms with Gasteiger partial charge < -0.3 is 9.67 Å². The van der Waals surface area contributed by atoms with Gasteiger partial charge in [-0.25, -0.2) is 4.98 Å². The Hall–Kier alpha value is -0.520. The van der Waals surface area contributed by atoms with Crippen LogP contribution < -0.4 is 0 Å². The number of aryl methyl sites for hydroxylation is 1. The van der Waals surface area contributed by atoms with E-state index in [-0.39, 0.29) is 6.61 Å². The lowest BCUT2D eigenvalue weighted by molar-refractivity contribution is 0.322. The maximum atomic E-state index is 8.77. The predicted molar refractivity (Wildman–Crippen MR) is 66.2 cm³/mol. The number of hydrogen-bond donors (Lipinski definition) is 1. The largest absolute Gasteiger partial charge is 0.396 e. The molecule has 0 aliphatic carbocycles. The molecule has 0 amide bonds. The topological polar surface area (TPSA) is 38.0 Å². The molecule has 0 spiro atoms. The zero-order valence-corrected chi connectivity index (χ0v) is 10.7. The van der Waals surface area contributed by atoms with Crippen LogP contribution in [0, 0.1) is 0 Å². The first kappa shape index (κ1) is 11.0. The van der Waals surface area contributed by atoms with Crippen LogP contribution >= 0.6 is 27.7 Å². The third kappa shape index (κ3) is 2.19. The number of rotatable bonds is 3. The molecule has 0 unspecified atom stereocenters. The van der Waals surface area contributed by atoms with Gasteiger partial charge in [0.2, 0.25) is 0 Å². The Kier molecular flexibility index (Phi) is 3.33. The number of nitrogens with zero attached hydrogens (tertiary/aromatic N) is 2. The van der Waals surface area contributed by atoms with Crippen molar-refractivity contribution < 1.29 is 5.11 Å². The van der Waals surface area contributed by atoms with Crippen LogP contribution in [0.15, 0.2) is 27.8 Å². The van der Waals surface area contributed by atoms with E-state index in [0.717, 1.165) is 20.7 Å². The van der Waals surface area contributed by atoms with Gasteiger partial charge in [0.15, 0.2) is 5.16 Å². The summed E-state index contributed by atoms with van der Waals surface area (Å²) in [6, 6.07) is 6.04. The molecule has 0 saturated heterocycles. The highest BCUT2D eigenvalue weighted by atomic mass is 79.9. The summed E-state index contributed by atoms with van der Waals surface area (Å²) in [5, 5.41) is 9.71. The highest BCUT2D eigenvalue weighted by molar-refractivity contribution is 9.10. The molecule has 0 radical (unpaired) electrons. The first-order valence-electron chi connectivity index (χ1n) is 4.58. The van der Waals surface area contributed by atoms with E-state index in [1.165, 1.54) is 0 Å². The Morgan fingerprint density at radius 1 is 1.53 bits per heavy atom. The minimum atomic E-state index is 0.178. The van der Waals surface area contributed by atoms with Gasteiger partial charge >= 0.3 is 0 Å². The summed E-state index contributed by atoms with van der Waals surface area (Å²) in [4.78, 5) is 4.50. The summed E-state index contributed by atoms with van der Waals surface area (Å²) in [7, 11) is 1.99. The van der Waals surface area contributed by atoms with Crippen molar-refractivity contribution in [2.45, 2.75) is 5.16 Å².